The molecule has 15 heteroatoms. The summed E-state index contributed by atoms with van der Waals surface area (Å²) in [5, 5.41) is 10.1. The van der Waals surface area contributed by atoms with Crippen molar-refractivity contribution in [2.24, 2.45) is 0 Å². The Hall–Kier alpha value is -3.49. The lowest BCUT2D eigenvalue weighted by Crippen LogP contribution is -2.54. The topological polar surface area (TPSA) is 138 Å². The number of anilines is 2. The monoisotopic (exact) mass is 573 g/mol. The fraction of sp³-hybridized carbons (Fsp3) is 0.391. The van der Waals surface area contributed by atoms with Crippen LogP contribution in [0.4, 0.5) is 25.0 Å². The zero-order valence-corrected chi connectivity index (χ0v) is 22.0. The van der Waals surface area contributed by atoms with Gasteiger partial charge in [0.15, 0.2) is 5.75 Å². The number of rotatable bonds is 10. The van der Waals surface area contributed by atoms with E-state index in [4.69, 9.17) is 16.3 Å². The van der Waals surface area contributed by atoms with Crippen LogP contribution in [-0.2, 0) is 14.3 Å². The van der Waals surface area contributed by atoms with Gasteiger partial charge < -0.3 is 35.6 Å². The number of nitrogens with zero attached hydrogens (tertiary/aromatic N) is 1. The van der Waals surface area contributed by atoms with E-state index < -0.39 is 36.4 Å². The summed E-state index contributed by atoms with van der Waals surface area (Å²) in [6.07, 6.45) is 0. The summed E-state index contributed by atoms with van der Waals surface area (Å²) >= 11 is 6.90. The van der Waals surface area contributed by atoms with Gasteiger partial charge in [-0.2, -0.15) is 8.78 Å². The number of carbonyl (C=O) groups excluding carboxylic acids is 4. The van der Waals surface area contributed by atoms with Gasteiger partial charge in [-0.1, -0.05) is 11.6 Å². The maximum absolute atomic E-state index is 13.1. The van der Waals surface area contributed by atoms with Crippen molar-refractivity contribution in [3.8, 4) is 5.75 Å². The van der Waals surface area contributed by atoms with Crippen molar-refractivity contribution in [1.29, 1.82) is 0 Å². The molecule has 1 atom stereocenters. The zero-order valence-electron chi connectivity index (χ0n) is 20.4. The maximum atomic E-state index is 13.1. The largest absolute Gasteiger partial charge is 0.433 e. The number of morpholine rings is 1. The minimum Gasteiger partial charge on any atom is -0.433 e. The maximum Gasteiger partial charge on any atom is 0.387 e. The molecule has 0 aliphatic carbocycles. The van der Waals surface area contributed by atoms with Crippen LogP contribution in [0.3, 0.4) is 0 Å². The lowest BCUT2D eigenvalue weighted by Gasteiger charge is -2.28. The summed E-state index contributed by atoms with van der Waals surface area (Å²) in [5.74, 6) is -2.02. The first-order valence-electron chi connectivity index (χ1n) is 11.4. The minimum atomic E-state index is -3.19. The number of amides is 5. The van der Waals surface area contributed by atoms with E-state index in [1.54, 1.807) is 19.9 Å². The number of thiophene rings is 1. The number of hydrogen-bond acceptors (Lipinski definition) is 7. The molecule has 0 unspecified atom stereocenters. The van der Waals surface area contributed by atoms with E-state index >= 15 is 0 Å². The molecule has 5 amide bonds. The van der Waals surface area contributed by atoms with Crippen LogP contribution < -0.4 is 30.9 Å². The van der Waals surface area contributed by atoms with E-state index in [9.17, 15) is 28.0 Å². The fourth-order valence-electron chi connectivity index (χ4n) is 3.40. The third-order valence-corrected chi connectivity index (χ3v) is 6.26. The summed E-state index contributed by atoms with van der Waals surface area (Å²) in [5.41, 5.74) is 0.145. The summed E-state index contributed by atoms with van der Waals surface area (Å²) in [6.45, 7) is 0.119. The normalized spacial score (nSPS) is 14.3. The van der Waals surface area contributed by atoms with Gasteiger partial charge in [0, 0.05) is 30.9 Å². The number of benzene rings is 1. The van der Waals surface area contributed by atoms with E-state index in [-0.39, 0.29) is 49.5 Å². The number of urea groups is 1. The lowest BCUT2D eigenvalue weighted by atomic mass is 10.2. The highest BCUT2D eigenvalue weighted by Gasteiger charge is 2.26. The molecule has 1 aliphatic heterocycles. The first kappa shape index (κ1) is 29.1. The minimum absolute atomic E-state index is 0.0579. The fourth-order valence-corrected chi connectivity index (χ4v) is 4.36. The van der Waals surface area contributed by atoms with Crippen LogP contribution in [-0.4, -0.2) is 68.8 Å². The van der Waals surface area contributed by atoms with E-state index in [1.807, 2.05) is 0 Å². The standard InChI is InChI=1S/C23H26ClF2N5O6S/c1-12(2)28-23(35)30-14(10-27-21(34)17-5-6-18(24)38-17)20(33)29-13-3-4-15(16(9-13)37-22(25)26)31-7-8-36-11-19(31)32/h3-6,9,12,14,22H,7-8,10-11H2,1-2H3,(H,27,34)(H,29,33)(H2,28,30,35)/t14-/m0/s1. The average molecular weight is 574 g/mol. The Morgan fingerprint density at radius 2 is 1.95 bits per heavy atom. The quantitative estimate of drug-likeness (QED) is 0.345. The second-order valence-electron chi connectivity index (χ2n) is 8.29. The Morgan fingerprint density at radius 1 is 1.18 bits per heavy atom. The molecule has 11 nitrogen and oxygen atoms in total. The SMILES string of the molecule is CC(C)NC(=O)N[C@@H](CNC(=O)c1ccc(Cl)s1)C(=O)Nc1ccc(N2CCOCC2=O)c(OC(F)F)c1. The van der Waals surface area contributed by atoms with Crippen molar-refractivity contribution in [3.05, 3.63) is 39.5 Å². The molecule has 1 aliphatic rings. The van der Waals surface area contributed by atoms with Gasteiger partial charge in [0.2, 0.25) is 5.91 Å². The van der Waals surface area contributed by atoms with Crippen molar-refractivity contribution in [2.75, 3.05) is 36.5 Å². The van der Waals surface area contributed by atoms with Gasteiger partial charge in [-0.05, 0) is 38.1 Å². The van der Waals surface area contributed by atoms with E-state index in [1.165, 1.54) is 23.1 Å². The van der Waals surface area contributed by atoms with Crippen molar-refractivity contribution < 1.29 is 37.4 Å². The highest BCUT2D eigenvalue weighted by molar-refractivity contribution is 7.18. The van der Waals surface area contributed by atoms with E-state index in [0.717, 1.165) is 17.4 Å². The van der Waals surface area contributed by atoms with Crippen LogP contribution in [0.1, 0.15) is 23.5 Å². The number of carbonyl (C=O) groups is 4. The van der Waals surface area contributed by atoms with Gasteiger partial charge in [0.05, 0.1) is 21.5 Å². The van der Waals surface area contributed by atoms with Crippen molar-refractivity contribution >= 4 is 58.1 Å². The van der Waals surface area contributed by atoms with Crippen LogP contribution in [0.25, 0.3) is 0 Å². The Balaban J connectivity index is 1.77. The Kier molecular flexibility index (Phi) is 10.2. The molecule has 1 saturated heterocycles. The number of ether oxygens (including phenoxy) is 2. The van der Waals surface area contributed by atoms with Crippen LogP contribution in [0.2, 0.25) is 4.34 Å². The molecule has 3 rings (SSSR count). The van der Waals surface area contributed by atoms with Crippen molar-refractivity contribution in [3.63, 3.8) is 0 Å². The second-order valence-corrected chi connectivity index (χ2v) is 10.0. The predicted octanol–water partition coefficient (Wildman–Crippen LogP) is 2.81. The molecule has 38 heavy (non-hydrogen) atoms. The van der Waals surface area contributed by atoms with E-state index in [0.29, 0.717) is 9.21 Å². The molecule has 2 aromatic rings. The second kappa shape index (κ2) is 13.3. The third-order valence-electron chi connectivity index (χ3n) is 5.03. The average Bonchev–Trinajstić information content (AvgIpc) is 3.28. The van der Waals surface area contributed by atoms with Gasteiger partial charge in [0.25, 0.3) is 11.8 Å². The number of halogens is 3. The first-order chi connectivity index (χ1) is 18.0. The van der Waals surface area contributed by atoms with Crippen LogP contribution in [0.15, 0.2) is 30.3 Å². The number of hydrogen-bond donors (Lipinski definition) is 4. The van der Waals surface area contributed by atoms with Crippen LogP contribution in [0.5, 0.6) is 5.75 Å². The molecule has 2 heterocycles. The number of nitrogens with one attached hydrogen (secondary N) is 4. The summed E-state index contributed by atoms with van der Waals surface area (Å²) < 4.78 is 36.3. The molecule has 206 valence electrons. The molecule has 4 N–H and O–H groups in total. The first-order valence-corrected chi connectivity index (χ1v) is 12.6. The van der Waals surface area contributed by atoms with Gasteiger partial charge >= 0.3 is 12.6 Å². The lowest BCUT2D eigenvalue weighted by molar-refractivity contribution is -0.125. The molecule has 0 radical (unpaired) electrons. The molecule has 1 aromatic carbocycles. The third kappa shape index (κ3) is 8.26. The Labute approximate surface area is 225 Å². The van der Waals surface area contributed by atoms with E-state index in [2.05, 4.69) is 26.0 Å². The summed E-state index contributed by atoms with van der Waals surface area (Å²) in [7, 11) is 0. The highest BCUT2D eigenvalue weighted by atomic mass is 35.5. The molecule has 1 fully saturated rings. The van der Waals surface area contributed by atoms with Crippen LogP contribution in [0, 0.1) is 0 Å². The Bertz CT molecular complexity index is 1180. The summed E-state index contributed by atoms with van der Waals surface area (Å²) in [4.78, 5) is 51.5. The Morgan fingerprint density at radius 3 is 2.58 bits per heavy atom. The smallest absolute Gasteiger partial charge is 0.387 e. The number of alkyl halides is 2. The highest BCUT2D eigenvalue weighted by Crippen LogP contribution is 2.33. The molecule has 0 bridgehead atoms. The molecule has 1 aromatic heterocycles. The predicted molar refractivity (Wildman–Crippen MR) is 137 cm³/mol. The molecule has 0 spiro atoms. The summed E-state index contributed by atoms with van der Waals surface area (Å²) in [6, 6.07) is 4.82. The van der Waals surface area contributed by atoms with Crippen molar-refractivity contribution in [2.45, 2.75) is 32.5 Å². The van der Waals surface area contributed by atoms with Crippen molar-refractivity contribution in [1.82, 2.24) is 16.0 Å². The van der Waals surface area contributed by atoms with Gasteiger partial charge in [-0.25, -0.2) is 4.79 Å². The zero-order chi connectivity index (χ0) is 27.8. The van der Waals surface area contributed by atoms with Gasteiger partial charge in [-0.15, -0.1) is 11.3 Å². The molecular formula is C23H26ClF2N5O6S. The van der Waals surface area contributed by atoms with Crippen LogP contribution >= 0.6 is 22.9 Å². The molecule has 0 saturated carbocycles. The molecular weight excluding hydrogens is 548 g/mol. The van der Waals surface area contributed by atoms with Gasteiger partial charge in [0.1, 0.15) is 12.6 Å². The van der Waals surface area contributed by atoms with Gasteiger partial charge in [-0.3, -0.25) is 14.4 Å².